The molecule has 2 aliphatic heterocycles. The maximum atomic E-state index is 10.8. The van der Waals surface area contributed by atoms with Crippen molar-refractivity contribution in [2.75, 3.05) is 5.32 Å². The minimum atomic E-state index is -0.352. The van der Waals surface area contributed by atoms with Gasteiger partial charge in [-0.25, -0.2) is 0 Å². The Balaban J connectivity index is 1.78. The van der Waals surface area contributed by atoms with Crippen molar-refractivity contribution in [2.45, 2.75) is 44.4 Å². The lowest BCUT2D eigenvalue weighted by atomic mass is 9.95. The smallest absolute Gasteiger partial charge is 0.271 e. The molecule has 0 aromatic heterocycles. The number of nitrogens with zero attached hydrogens (tertiary/aromatic N) is 1. The first-order valence-electron chi connectivity index (χ1n) is 6.30. The highest BCUT2D eigenvalue weighted by molar-refractivity contribution is 5.54. The Bertz CT molecular complexity index is 489. The van der Waals surface area contributed by atoms with Crippen LogP contribution >= 0.6 is 0 Å². The molecule has 1 aromatic rings. The molecular weight excluding hydrogens is 232 g/mol. The van der Waals surface area contributed by atoms with Crippen molar-refractivity contribution in [1.29, 1.82) is 0 Å². The molecule has 2 heterocycles. The van der Waals surface area contributed by atoms with Crippen LogP contribution in [-0.4, -0.2) is 23.2 Å². The first-order chi connectivity index (χ1) is 8.61. The van der Waals surface area contributed by atoms with E-state index in [0.717, 1.165) is 30.5 Å². The highest BCUT2D eigenvalue weighted by Crippen LogP contribution is 2.36. The van der Waals surface area contributed by atoms with Crippen LogP contribution in [0.5, 0.6) is 0 Å². The molecule has 96 valence electrons. The highest BCUT2D eigenvalue weighted by Gasteiger charge is 2.40. The molecule has 2 bridgehead atoms. The fraction of sp³-hybridized carbons (Fsp3) is 0.538. The van der Waals surface area contributed by atoms with Gasteiger partial charge in [0.1, 0.15) is 0 Å². The van der Waals surface area contributed by atoms with E-state index < -0.39 is 0 Å². The Morgan fingerprint density at radius 3 is 2.83 bits per heavy atom. The van der Waals surface area contributed by atoms with Gasteiger partial charge in [0, 0.05) is 17.8 Å². The molecule has 2 saturated heterocycles. The van der Waals surface area contributed by atoms with E-state index in [-0.39, 0.29) is 16.7 Å². The minimum Gasteiger partial charge on any atom is -0.379 e. The molecule has 2 fully saturated rings. The molecule has 3 atom stereocenters. The number of hydrogen-bond acceptors (Lipinski definition) is 4. The van der Waals surface area contributed by atoms with Crippen LogP contribution in [0.15, 0.2) is 18.2 Å². The molecule has 3 rings (SSSR count). The third-order valence-electron chi connectivity index (χ3n) is 3.73. The number of nitro groups is 1. The average molecular weight is 248 g/mol. The van der Waals surface area contributed by atoms with Crippen molar-refractivity contribution in [3.8, 4) is 0 Å². The fourth-order valence-corrected chi connectivity index (χ4v) is 2.96. The Kier molecular flexibility index (Phi) is 2.70. The van der Waals surface area contributed by atoms with Gasteiger partial charge in [0.25, 0.3) is 5.69 Å². The number of rotatable bonds is 3. The Morgan fingerprint density at radius 1 is 1.39 bits per heavy atom. The van der Waals surface area contributed by atoms with Gasteiger partial charge < -0.3 is 10.1 Å². The number of nitrogens with one attached hydrogen (secondary N) is 1. The summed E-state index contributed by atoms with van der Waals surface area (Å²) in [5, 5.41) is 14.2. The quantitative estimate of drug-likeness (QED) is 0.659. The maximum absolute atomic E-state index is 10.8. The van der Waals surface area contributed by atoms with Crippen molar-refractivity contribution in [1.82, 2.24) is 0 Å². The monoisotopic (exact) mass is 248 g/mol. The second kappa shape index (κ2) is 4.24. The van der Waals surface area contributed by atoms with E-state index in [9.17, 15) is 10.1 Å². The fourth-order valence-electron chi connectivity index (χ4n) is 2.96. The van der Waals surface area contributed by atoms with Crippen LogP contribution < -0.4 is 5.32 Å². The van der Waals surface area contributed by atoms with Gasteiger partial charge >= 0.3 is 0 Å². The van der Waals surface area contributed by atoms with Gasteiger partial charge in [-0.05, 0) is 37.8 Å². The van der Waals surface area contributed by atoms with Crippen LogP contribution in [0, 0.1) is 17.0 Å². The van der Waals surface area contributed by atoms with Gasteiger partial charge in [-0.3, -0.25) is 10.1 Å². The number of fused-ring (bicyclic) bond motifs is 2. The predicted molar refractivity (Wildman–Crippen MR) is 67.8 cm³/mol. The molecule has 1 N–H and O–H groups in total. The maximum Gasteiger partial charge on any atom is 0.271 e. The molecule has 2 aliphatic rings. The zero-order chi connectivity index (χ0) is 12.7. The first-order valence-corrected chi connectivity index (χ1v) is 6.30. The minimum absolute atomic E-state index is 0.140. The van der Waals surface area contributed by atoms with Gasteiger partial charge in [0.2, 0.25) is 0 Å². The number of hydrogen-bond donors (Lipinski definition) is 1. The van der Waals surface area contributed by atoms with Gasteiger partial charge in [-0.15, -0.1) is 0 Å². The number of benzene rings is 1. The van der Waals surface area contributed by atoms with Gasteiger partial charge in [-0.1, -0.05) is 0 Å². The lowest BCUT2D eigenvalue weighted by Gasteiger charge is -2.21. The van der Waals surface area contributed by atoms with E-state index in [1.54, 1.807) is 12.1 Å². The number of non-ortho nitro benzene ring substituents is 1. The normalized spacial score (nSPS) is 29.5. The van der Waals surface area contributed by atoms with Crippen LogP contribution in [0.2, 0.25) is 0 Å². The van der Waals surface area contributed by atoms with Crippen LogP contribution in [0.4, 0.5) is 11.4 Å². The number of aryl methyl sites for hydroxylation is 1. The summed E-state index contributed by atoms with van der Waals surface area (Å²) in [6, 6.07) is 5.42. The summed E-state index contributed by atoms with van der Waals surface area (Å²) < 4.78 is 5.77. The van der Waals surface area contributed by atoms with Gasteiger partial charge in [0.15, 0.2) is 0 Å². The zero-order valence-corrected chi connectivity index (χ0v) is 10.3. The third-order valence-corrected chi connectivity index (χ3v) is 3.73. The molecule has 0 saturated carbocycles. The number of nitro benzene ring substituents is 1. The SMILES string of the molecule is Cc1cc(NC2CC3CCC2O3)cc([N+](=O)[O-])c1. The third kappa shape index (κ3) is 2.06. The van der Waals surface area contributed by atoms with Crippen LogP contribution in [0.3, 0.4) is 0 Å². The van der Waals surface area contributed by atoms with Crippen molar-refractivity contribution < 1.29 is 9.66 Å². The summed E-state index contributed by atoms with van der Waals surface area (Å²) in [6.45, 7) is 1.87. The average Bonchev–Trinajstić information content (AvgIpc) is 2.90. The molecule has 5 nitrogen and oxygen atoms in total. The molecule has 3 unspecified atom stereocenters. The lowest BCUT2D eigenvalue weighted by Crippen LogP contribution is -2.30. The molecule has 18 heavy (non-hydrogen) atoms. The van der Waals surface area contributed by atoms with E-state index >= 15 is 0 Å². The van der Waals surface area contributed by atoms with Crippen molar-refractivity contribution >= 4 is 11.4 Å². The number of anilines is 1. The predicted octanol–water partition coefficient (Wildman–Crippen LogP) is 2.64. The second-order valence-corrected chi connectivity index (χ2v) is 5.17. The molecule has 0 radical (unpaired) electrons. The zero-order valence-electron chi connectivity index (χ0n) is 10.3. The summed E-state index contributed by atoms with van der Waals surface area (Å²) in [4.78, 5) is 10.5. The van der Waals surface area contributed by atoms with E-state index in [1.165, 1.54) is 0 Å². The van der Waals surface area contributed by atoms with E-state index in [4.69, 9.17) is 4.74 Å². The lowest BCUT2D eigenvalue weighted by molar-refractivity contribution is -0.384. The summed E-state index contributed by atoms with van der Waals surface area (Å²) >= 11 is 0. The second-order valence-electron chi connectivity index (χ2n) is 5.17. The van der Waals surface area contributed by atoms with Gasteiger partial charge in [-0.2, -0.15) is 0 Å². The largest absolute Gasteiger partial charge is 0.379 e. The van der Waals surface area contributed by atoms with Crippen molar-refractivity contribution in [3.05, 3.63) is 33.9 Å². The highest BCUT2D eigenvalue weighted by atomic mass is 16.6. The number of ether oxygens (including phenoxy) is 1. The summed E-state index contributed by atoms with van der Waals surface area (Å²) in [6.07, 6.45) is 3.90. The molecule has 0 spiro atoms. The summed E-state index contributed by atoms with van der Waals surface area (Å²) in [7, 11) is 0. The Labute approximate surface area is 105 Å². The molecule has 0 amide bonds. The molecule has 1 aromatic carbocycles. The Morgan fingerprint density at radius 2 is 2.22 bits per heavy atom. The molecule has 0 aliphatic carbocycles. The first kappa shape index (κ1) is 11.5. The van der Waals surface area contributed by atoms with E-state index in [1.807, 2.05) is 13.0 Å². The van der Waals surface area contributed by atoms with Gasteiger partial charge in [0.05, 0.1) is 23.2 Å². The van der Waals surface area contributed by atoms with Crippen LogP contribution in [0.25, 0.3) is 0 Å². The van der Waals surface area contributed by atoms with Crippen molar-refractivity contribution in [3.63, 3.8) is 0 Å². The topological polar surface area (TPSA) is 64.4 Å². The summed E-state index contributed by atoms with van der Waals surface area (Å²) in [5.74, 6) is 0. The summed E-state index contributed by atoms with van der Waals surface area (Å²) in [5.41, 5.74) is 1.86. The van der Waals surface area contributed by atoms with E-state index in [2.05, 4.69) is 5.32 Å². The van der Waals surface area contributed by atoms with Crippen LogP contribution in [-0.2, 0) is 4.74 Å². The molecular formula is C13H16N2O3. The van der Waals surface area contributed by atoms with Crippen molar-refractivity contribution in [2.24, 2.45) is 0 Å². The standard InChI is InChI=1S/C13H16N2O3/c1-8-4-9(6-10(5-8)15(16)17)14-12-7-11-2-3-13(12)18-11/h4-6,11-14H,2-3,7H2,1H3. The van der Waals surface area contributed by atoms with E-state index in [0.29, 0.717) is 12.1 Å². The molecule has 5 heteroatoms. The Hall–Kier alpha value is -1.62. The van der Waals surface area contributed by atoms with Crippen LogP contribution in [0.1, 0.15) is 24.8 Å².